The molecule has 1 amide bonds. The highest BCUT2D eigenvalue weighted by Crippen LogP contribution is 2.34. The van der Waals surface area contributed by atoms with Crippen LogP contribution in [0.3, 0.4) is 0 Å². The maximum Gasteiger partial charge on any atom is 0.267 e. The zero-order chi connectivity index (χ0) is 21.4. The summed E-state index contributed by atoms with van der Waals surface area (Å²) in [4.78, 5) is 20.6. The van der Waals surface area contributed by atoms with Crippen LogP contribution in [0, 0.1) is 11.7 Å². The second-order valence-electron chi connectivity index (χ2n) is 7.60. The summed E-state index contributed by atoms with van der Waals surface area (Å²) in [5, 5.41) is 0.0382. The van der Waals surface area contributed by atoms with Crippen molar-refractivity contribution in [3.8, 4) is 22.5 Å². The van der Waals surface area contributed by atoms with E-state index in [2.05, 4.69) is 28.4 Å². The van der Waals surface area contributed by atoms with Crippen molar-refractivity contribution in [3.05, 3.63) is 65.6 Å². The van der Waals surface area contributed by atoms with Crippen LogP contribution in [-0.2, 0) is 6.54 Å². The van der Waals surface area contributed by atoms with Crippen LogP contribution < -0.4 is 5.73 Å². The number of carbonyl (C=O) groups is 1. The van der Waals surface area contributed by atoms with Gasteiger partial charge in [0.05, 0.1) is 28.9 Å². The number of halogens is 2. The molecule has 3 heterocycles. The first-order chi connectivity index (χ1) is 14.3. The summed E-state index contributed by atoms with van der Waals surface area (Å²) in [7, 11) is 0. The van der Waals surface area contributed by atoms with Crippen LogP contribution in [0.2, 0.25) is 5.02 Å². The van der Waals surface area contributed by atoms with Gasteiger partial charge in [-0.15, -0.1) is 0 Å². The molecule has 0 aliphatic carbocycles. The normalized spacial score (nSPS) is 11.5. The van der Waals surface area contributed by atoms with Crippen LogP contribution in [0.1, 0.15) is 30.8 Å². The number of amides is 1. The Kier molecular flexibility index (Phi) is 5.30. The maximum absolute atomic E-state index is 13.7. The van der Waals surface area contributed by atoms with Gasteiger partial charge < -0.3 is 10.3 Å². The quantitative estimate of drug-likeness (QED) is 0.481. The van der Waals surface area contributed by atoms with Crippen molar-refractivity contribution in [2.75, 3.05) is 0 Å². The number of hydrogen-bond donors (Lipinski definition) is 1. The molecule has 0 spiro atoms. The average Bonchev–Trinajstić information content (AvgIpc) is 3.32. The first-order valence-electron chi connectivity index (χ1n) is 9.63. The largest absolute Gasteiger partial charge is 0.364 e. The van der Waals surface area contributed by atoms with E-state index in [1.165, 1.54) is 12.3 Å². The number of rotatable bonds is 6. The van der Waals surface area contributed by atoms with Gasteiger partial charge in [-0.3, -0.25) is 9.20 Å². The summed E-state index contributed by atoms with van der Waals surface area (Å²) < 4.78 is 17.4. The fourth-order valence-corrected chi connectivity index (χ4v) is 3.59. The fraction of sp³-hybridized carbons (Fsp3) is 0.227. The topological polar surface area (TPSA) is 78.2 Å². The predicted molar refractivity (Wildman–Crippen MR) is 115 cm³/mol. The highest BCUT2D eigenvalue weighted by atomic mass is 35.5. The van der Waals surface area contributed by atoms with Gasteiger partial charge in [0.1, 0.15) is 17.2 Å². The van der Waals surface area contributed by atoms with E-state index < -0.39 is 11.7 Å². The van der Waals surface area contributed by atoms with E-state index in [-0.39, 0.29) is 5.02 Å². The number of aryl methyl sites for hydroxylation is 1. The number of nitrogens with two attached hydrogens (primary N) is 1. The lowest BCUT2D eigenvalue weighted by Crippen LogP contribution is -2.13. The Balaban J connectivity index is 1.90. The molecule has 2 N–H and O–H groups in total. The van der Waals surface area contributed by atoms with E-state index in [1.54, 1.807) is 22.9 Å². The lowest BCUT2D eigenvalue weighted by Gasteiger charge is -2.13. The van der Waals surface area contributed by atoms with Crippen molar-refractivity contribution >= 4 is 23.2 Å². The third-order valence-corrected chi connectivity index (χ3v) is 5.30. The summed E-state index contributed by atoms with van der Waals surface area (Å²) in [6, 6.07) is 8.30. The molecule has 0 saturated carbocycles. The first-order valence-corrected chi connectivity index (χ1v) is 10.0. The molecule has 0 fully saturated rings. The number of benzene rings is 1. The van der Waals surface area contributed by atoms with E-state index in [4.69, 9.17) is 17.3 Å². The predicted octanol–water partition coefficient (Wildman–Crippen LogP) is 4.80. The molecule has 0 unspecified atom stereocenters. The molecule has 30 heavy (non-hydrogen) atoms. The van der Waals surface area contributed by atoms with Crippen LogP contribution in [0.25, 0.3) is 28.2 Å². The van der Waals surface area contributed by atoms with Crippen LogP contribution in [0.5, 0.6) is 0 Å². The first kappa shape index (κ1) is 20.1. The molecule has 8 heteroatoms. The zero-order valence-electron chi connectivity index (χ0n) is 16.6. The molecule has 0 aliphatic heterocycles. The van der Waals surface area contributed by atoms with Gasteiger partial charge in [0.25, 0.3) is 5.91 Å². The number of hydrogen-bond acceptors (Lipinski definition) is 3. The van der Waals surface area contributed by atoms with Crippen LogP contribution in [0.15, 0.2) is 49.1 Å². The molecule has 0 radical (unpaired) electrons. The lowest BCUT2D eigenvalue weighted by molar-refractivity contribution is 0.0995. The van der Waals surface area contributed by atoms with Gasteiger partial charge in [-0.2, -0.15) is 0 Å². The average molecular weight is 426 g/mol. The molecule has 4 rings (SSSR count). The van der Waals surface area contributed by atoms with Crippen molar-refractivity contribution in [3.63, 3.8) is 0 Å². The standard InChI is InChI=1S/C22H21ClFN5O/c1-13(2)7-8-28-12-27-20(14-3-5-17(24)16(23)9-14)21(28)15-4-6-19-26-10-18(22(25)30)29(19)11-15/h3-6,9-13H,7-8H2,1-2H3,(H2,25,30). The summed E-state index contributed by atoms with van der Waals surface area (Å²) in [5.41, 5.74) is 9.48. The number of aromatic nitrogens is 4. The van der Waals surface area contributed by atoms with Crippen LogP contribution in [-0.4, -0.2) is 24.8 Å². The molecular formula is C22H21ClFN5O. The minimum atomic E-state index is -0.557. The fourth-order valence-electron chi connectivity index (χ4n) is 3.41. The highest BCUT2D eigenvalue weighted by molar-refractivity contribution is 6.31. The molecule has 154 valence electrons. The highest BCUT2D eigenvalue weighted by Gasteiger charge is 2.18. The molecule has 6 nitrogen and oxygen atoms in total. The molecule has 3 aromatic heterocycles. The minimum Gasteiger partial charge on any atom is -0.364 e. The van der Waals surface area contributed by atoms with Gasteiger partial charge in [0.2, 0.25) is 0 Å². The van der Waals surface area contributed by atoms with Crippen molar-refractivity contribution < 1.29 is 9.18 Å². The smallest absolute Gasteiger partial charge is 0.267 e. The van der Waals surface area contributed by atoms with Crippen LogP contribution in [0.4, 0.5) is 4.39 Å². The van der Waals surface area contributed by atoms with E-state index in [0.717, 1.165) is 24.2 Å². The molecule has 0 aliphatic rings. The van der Waals surface area contributed by atoms with Crippen molar-refractivity contribution in [2.45, 2.75) is 26.8 Å². The molecule has 0 bridgehead atoms. The molecule has 4 aromatic rings. The molecule has 1 aromatic carbocycles. The maximum atomic E-state index is 13.7. The van der Waals surface area contributed by atoms with Gasteiger partial charge in [-0.25, -0.2) is 14.4 Å². The Morgan fingerprint density at radius 3 is 2.67 bits per heavy atom. The summed E-state index contributed by atoms with van der Waals surface area (Å²) >= 11 is 6.02. The van der Waals surface area contributed by atoms with Gasteiger partial charge in [-0.1, -0.05) is 25.4 Å². The second-order valence-corrected chi connectivity index (χ2v) is 8.01. The lowest BCUT2D eigenvalue weighted by atomic mass is 10.1. The summed E-state index contributed by atoms with van der Waals surface area (Å²) in [6.45, 7) is 5.08. The summed E-state index contributed by atoms with van der Waals surface area (Å²) in [5.74, 6) is -0.521. The van der Waals surface area contributed by atoms with E-state index in [9.17, 15) is 9.18 Å². The molecular weight excluding hydrogens is 405 g/mol. The van der Waals surface area contributed by atoms with Crippen LogP contribution >= 0.6 is 11.6 Å². The van der Waals surface area contributed by atoms with Gasteiger partial charge in [0, 0.05) is 23.9 Å². The van der Waals surface area contributed by atoms with Crippen molar-refractivity contribution in [1.82, 2.24) is 18.9 Å². The molecule has 0 saturated heterocycles. The monoisotopic (exact) mass is 425 g/mol. The summed E-state index contributed by atoms with van der Waals surface area (Å²) in [6.07, 6.45) is 6.02. The number of primary amides is 1. The number of pyridine rings is 1. The van der Waals surface area contributed by atoms with E-state index >= 15 is 0 Å². The Morgan fingerprint density at radius 1 is 1.20 bits per heavy atom. The Hall–Kier alpha value is -3.19. The Morgan fingerprint density at radius 2 is 1.97 bits per heavy atom. The number of imidazole rings is 2. The van der Waals surface area contributed by atoms with Gasteiger partial charge >= 0.3 is 0 Å². The third kappa shape index (κ3) is 3.68. The van der Waals surface area contributed by atoms with Crippen molar-refractivity contribution in [1.29, 1.82) is 0 Å². The number of nitrogens with zero attached hydrogens (tertiary/aromatic N) is 4. The van der Waals surface area contributed by atoms with E-state index in [1.807, 2.05) is 18.3 Å². The second kappa shape index (κ2) is 7.91. The van der Waals surface area contributed by atoms with E-state index in [0.29, 0.717) is 28.5 Å². The number of carbonyl (C=O) groups excluding carboxylic acids is 1. The van der Waals surface area contributed by atoms with Crippen molar-refractivity contribution in [2.24, 2.45) is 11.7 Å². The Bertz CT molecular complexity index is 1240. The van der Waals surface area contributed by atoms with Gasteiger partial charge in [-0.05, 0) is 42.7 Å². The third-order valence-electron chi connectivity index (χ3n) is 5.01. The molecule has 0 atom stereocenters. The zero-order valence-corrected chi connectivity index (χ0v) is 17.4. The number of fused-ring (bicyclic) bond motifs is 1. The van der Waals surface area contributed by atoms with Gasteiger partial charge in [0.15, 0.2) is 0 Å². The Labute approximate surface area is 178 Å². The SMILES string of the molecule is CC(C)CCn1cnc(-c2ccc(F)c(Cl)c2)c1-c1ccc2ncc(C(N)=O)n2c1. The minimum absolute atomic E-state index is 0.0382.